The van der Waals surface area contributed by atoms with E-state index in [4.69, 9.17) is 18.9 Å². The van der Waals surface area contributed by atoms with Crippen molar-refractivity contribution in [3.05, 3.63) is 47.5 Å². The molecule has 0 radical (unpaired) electrons. The van der Waals surface area contributed by atoms with Crippen molar-refractivity contribution in [3.8, 4) is 23.0 Å². The molecule has 0 aliphatic heterocycles. The third kappa shape index (κ3) is 4.94. The minimum Gasteiger partial charge on any atom is -0.493 e. The topological polar surface area (TPSA) is 94.5 Å². The number of aliphatic hydroxyl groups excluding tert-OH is 2. The Morgan fingerprint density at radius 3 is 1.93 bits per heavy atom. The predicted molar refractivity (Wildman–Crippen MR) is 104 cm³/mol. The van der Waals surface area contributed by atoms with Crippen molar-refractivity contribution in [2.75, 3.05) is 28.4 Å². The SMILES string of the molecule is COc1ccc(C(=O)CC[C@@H](O)[C@H](O)c2ccc(OC)c(OC)c2)cc1OC. The van der Waals surface area contributed by atoms with Crippen LogP contribution < -0.4 is 18.9 Å². The summed E-state index contributed by atoms with van der Waals surface area (Å²) < 4.78 is 20.7. The van der Waals surface area contributed by atoms with Gasteiger partial charge in [0.2, 0.25) is 0 Å². The lowest BCUT2D eigenvalue weighted by Gasteiger charge is -2.19. The Hall–Kier alpha value is -2.77. The number of carbonyl (C=O) groups is 1. The van der Waals surface area contributed by atoms with E-state index in [1.807, 2.05) is 0 Å². The van der Waals surface area contributed by atoms with Gasteiger partial charge in [0.25, 0.3) is 0 Å². The van der Waals surface area contributed by atoms with Gasteiger partial charge in [-0.3, -0.25) is 4.79 Å². The van der Waals surface area contributed by atoms with E-state index in [-0.39, 0.29) is 18.6 Å². The lowest BCUT2D eigenvalue weighted by Crippen LogP contribution is -2.19. The second kappa shape index (κ2) is 9.96. The molecule has 0 amide bonds. The zero-order valence-corrected chi connectivity index (χ0v) is 16.5. The van der Waals surface area contributed by atoms with Crippen molar-refractivity contribution in [2.24, 2.45) is 0 Å². The average molecular weight is 390 g/mol. The Bertz CT molecular complexity index is 803. The van der Waals surface area contributed by atoms with E-state index < -0.39 is 12.2 Å². The van der Waals surface area contributed by atoms with E-state index in [0.29, 0.717) is 34.1 Å². The molecule has 2 N–H and O–H groups in total. The van der Waals surface area contributed by atoms with Crippen LogP contribution in [0.1, 0.15) is 34.9 Å². The molecule has 0 saturated carbocycles. The van der Waals surface area contributed by atoms with Gasteiger partial charge in [-0.2, -0.15) is 0 Å². The number of aliphatic hydroxyl groups is 2. The maximum Gasteiger partial charge on any atom is 0.163 e. The first-order chi connectivity index (χ1) is 13.4. The number of Topliss-reactive ketones (excluding diaryl/α,β-unsaturated/α-hetero) is 1. The third-order valence-corrected chi connectivity index (χ3v) is 4.49. The molecule has 28 heavy (non-hydrogen) atoms. The number of hydrogen-bond acceptors (Lipinski definition) is 7. The van der Waals surface area contributed by atoms with E-state index in [0.717, 1.165) is 0 Å². The van der Waals surface area contributed by atoms with Gasteiger partial charge < -0.3 is 29.2 Å². The van der Waals surface area contributed by atoms with Gasteiger partial charge in [0, 0.05) is 12.0 Å². The van der Waals surface area contributed by atoms with Gasteiger partial charge in [0.1, 0.15) is 6.10 Å². The summed E-state index contributed by atoms with van der Waals surface area (Å²) in [6.45, 7) is 0. The highest BCUT2D eigenvalue weighted by Gasteiger charge is 2.21. The number of carbonyl (C=O) groups excluding carboxylic acids is 1. The average Bonchev–Trinajstić information content (AvgIpc) is 2.75. The molecule has 0 bridgehead atoms. The molecule has 0 aliphatic rings. The molecule has 0 aliphatic carbocycles. The van der Waals surface area contributed by atoms with Crippen LogP contribution >= 0.6 is 0 Å². The number of hydrogen-bond donors (Lipinski definition) is 2. The van der Waals surface area contributed by atoms with E-state index in [9.17, 15) is 15.0 Å². The van der Waals surface area contributed by atoms with Gasteiger partial charge in [-0.25, -0.2) is 0 Å². The molecule has 2 atom stereocenters. The Morgan fingerprint density at radius 1 is 0.821 bits per heavy atom. The molecule has 7 heteroatoms. The number of methoxy groups -OCH3 is 4. The second-order valence-electron chi connectivity index (χ2n) is 6.16. The lowest BCUT2D eigenvalue weighted by molar-refractivity contribution is 0.0125. The first-order valence-electron chi connectivity index (χ1n) is 8.78. The van der Waals surface area contributed by atoms with E-state index >= 15 is 0 Å². The quantitative estimate of drug-likeness (QED) is 0.603. The highest BCUT2D eigenvalue weighted by atomic mass is 16.5. The summed E-state index contributed by atoms with van der Waals surface area (Å²) in [6, 6.07) is 9.79. The number of benzene rings is 2. The molecule has 0 unspecified atom stereocenters. The summed E-state index contributed by atoms with van der Waals surface area (Å²) in [5.41, 5.74) is 0.925. The first kappa shape index (κ1) is 21.5. The number of ether oxygens (including phenoxy) is 4. The Morgan fingerprint density at radius 2 is 1.36 bits per heavy atom. The zero-order chi connectivity index (χ0) is 20.7. The van der Waals surface area contributed by atoms with Crippen LogP contribution in [-0.4, -0.2) is 50.5 Å². The number of ketones is 1. The third-order valence-electron chi connectivity index (χ3n) is 4.49. The number of rotatable bonds is 10. The van der Waals surface area contributed by atoms with Crippen LogP contribution in [0.3, 0.4) is 0 Å². The molecule has 0 fully saturated rings. The van der Waals surface area contributed by atoms with E-state index in [1.165, 1.54) is 28.4 Å². The largest absolute Gasteiger partial charge is 0.493 e. The fourth-order valence-electron chi connectivity index (χ4n) is 2.85. The molecular weight excluding hydrogens is 364 g/mol. The molecule has 0 saturated heterocycles. The van der Waals surface area contributed by atoms with Gasteiger partial charge in [-0.15, -0.1) is 0 Å². The second-order valence-corrected chi connectivity index (χ2v) is 6.16. The molecule has 7 nitrogen and oxygen atoms in total. The molecule has 0 heterocycles. The first-order valence-corrected chi connectivity index (χ1v) is 8.78. The lowest BCUT2D eigenvalue weighted by atomic mass is 9.97. The van der Waals surface area contributed by atoms with E-state index in [2.05, 4.69) is 0 Å². The zero-order valence-electron chi connectivity index (χ0n) is 16.5. The Labute approximate surface area is 164 Å². The predicted octanol–water partition coefficient (Wildman–Crippen LogP) is 2.78. The minimum absolute atomic E-state index is 0.0704. The normalized spacial score (nSPS) is 12.8. The maximum atomic E-state index is 12.4. The van der Waals surface area contributed by atoms with Crippen molar-refractivity contribution in [2.45, 2.75) is 25.0 Å². The van der Waals surface area contributed by atoms with Crippen LogP contribution in [0, 0.1) is 0 Å². The molecule has 152 valence electrons. The van der Waals surface area contributed by atoms with Gasteiger partial charge in [0.15, 0.2) is 28.8 Å². The Balaban J connectivity index is 2.03. The molecule has 2 aromatic carbocycles. The van der Waals surface area contributed by atoms with Gasteiger partial charge in [0.05, 0.1) is 34.5 Å². The van der Waals surface area contributed by atoms with Crippen molar-refractivity contribution in [1.29, 1.82) is 0 Å². The minimum atomic E-state index is -1.15. The monoisotopic (exact) mass is 390 g/mol. The van der Waals surface area contributed by atoms with E-state index in [1.54, 1.807) is 36.4 Å². The van der Waals surface area contributed by atoms with Gasteiger partial charge >= 0.3 is 0 Å². The smallest absolute Gasteiger partial charge is 0.163 e. The standard InChI is InChI=1S/C21H26O7/c1-25-17-9-5-13(11-19(17)27-3)15(22)7-8-16(23)21(24)14-6-10-18(26-2)20(12-14)28-4/h5-6,9-12,16,21,23-24H,7-8H2,1-4H3/t16-,21-/m1/s1. The molecular formula is C21H26O7. The molecule has 0 aromatic heterocycles. The summed E-state index contributed by atoms with van der Waals surface area (Å²) in [6.07, 6.45) is -2.09. The molecule has 2 rings (SSSR count). The van der Waals surface area contributed by atoms with Crippen LogP contribution in [0.25, 0.3) is 0 Å². The van der Waals surface area contributed by atoms with Crippen molar-refractivity contribution < 1.29 is 34.0 Å². The molecule has 0 spiro atoms. The highest BCUT2D eigenvalue weighted by Crippen LogP contribution is 2.32. The van der Waals surface area contributed by atoms with Gasteiger partial charge in [-0.05, 0) is 42.3 Å². The van der Waals surface area contributed by atoms with Crippen LogP contribution in [0.15, 0.2) is 36.4 Å². The van der Waals surface area contributed by atoms with Crippen molar-refractivity contribution >= 4 is 5.78 Å². The van der Waals surface area contributed by atoms with Crippen LogP contribution in [0.4, 0.5) is 0 Å². The van der Waals surface area contributed by atoms with Crippen molar-refractivity contribution in [3.63, 3.8) is 0 Å². The fraction of sp³-hybridized carbons (Fsp3) is 0.381. The van der Waals surface area contributed by atoms with Crippen molar-refractivity contribution in [1.82, 2.24) is 0 Å². The summed E-state index contributed by atoms with van der Waals surface area (Å²) >= 11 is 0. The fourth-order valence-corrected chi connectivity index (χ4v) is 2.85. The summed E-state index contributed by atoms with van der Waals surface area (Å²) in [4.78, 5) is 12.4. The summed E-state index contributed by atoms with van der Waals surface area (Å²) in [7, 11) is 6.02. The van der Waals surface area contributed by atoms with Crippen LogP contribution in [-0.2, 0) is 0 Å². The van der Waals surface area contributed by atoms with Crippen LogP contribution in [0.5, 0.6) is 23.0 Å². The highest BCUT2D eigenvalue weighted by molar-refractivity contribution is 5.96. The van der Waals surface area contributed by atoms with Crippen LogP contribution in [0.2, 0.25) is 0 Å². The van der Waals surface area contributed by atoms with Gasteiger partial charge in [-0.1, -0.05) is 6.07 Å². The maximum absolute atomic E-state index is 12.4. The Kier molecular flexibility index (Phi) is 7.66. The molecule has 2 aromatic rings. The summed E-state index contributed by atoms with van der Waals surface area (Å²) in [5, 5.41) is 20.7. The summed E-state index contributed by atoms with van der Waals surface area (Å²) in [5.74, 6) is 1.80.